The average molecular weight is 185 g/mol. The quantitative estimate of drug-likeness (QED) is 0.693. The van der Waals surface area contributed by atoms with Gasteiger partial charge in [-0.05, 0) is 43.0 Å². The maximum atomic E-state index is 8.93. The monoisotopic (exact) mass is 185 g/mol. The normalized spacial score (nSPS) is 8.62. The molecule has 0 saturated heterocycles. The predicted molar refractivity (Wildman–Crippen MR) is 55.2 cm³/mol. The molecule has 0 bridgehead atoms. The summed E-state index contributed by atoms with van der Waals surface area (Å²) < 4.78 is 0. The van der Waals surface area contributed by atoms with Crippen molar-refractivity contribution >= 4 is 0 Å². The van der Waals surface area contributed by atoms with Crippen LogP contribution in [0.25, 0.3) is 0 Å². The molecule has 1 aromatic carbocycles. The molecule has 76 valence electrons. The van der Waals surface area contributed by atoms with E-state index >= 15 is 0 Å². The number of aryl methyl sites for hydroxylation is 1. The summed E-state index contributed by atoms with van der Waals surface area (Å²) in [5.74, 6) is 0. The summed E-state index contributed by atoms with van der Waals surface area (Å²) in [6.07, 6.45) is 0. The van der Waals surface area contributed by atoms with Crippen molar-refractivity contribution in [2.75, 3.05) is 0 Å². The second kappa shape index (κ2) is 5.70. The lowest BCUT2D eigenvalue weighted by Crippen LogP contribution is -1.93. The van der Waals surface area contributed by atoms with Gasteiger partial charge >= 0.3 is 0 Å². The first-order valence-corrected chi connectivity index (χ1v) is 3.83. The maximum Gasteiger partial charge on any atom is 0.0684 e. The van der Waals surface area contributed by atoms with Crippen LogP contribution in [0, 0.1) is 20.8 Å². The number of hydrogen-bond donors (Lipinski definition) is 2. The third kappa shape index (κ3) is 2.81. The molecular formula is C10H19NO2. The highest BCUT2D eigenvalue weighted by atomic mass is 16.3. The summed E-state index contributed by atoms with van der Waals surface area (Å²) in [4.78, 5) is 0. The van der Waals surface area contributed by atoms with Crippen LogP contribution < -0.4 is 6.15 Å². The standard InChI is InChI=1S/C10H14O.H3N.H2O/c1-7-4-5-10(6-11)9(3)8(7)2;;/h4-5,11H,6H2,1-3H3;1H3;1H2. The summed E-state index contributed by atoms with van der Waals surface area (Å²) in [5.41, 5.74) is 4.83. The van der Waals surface area contributed by atoms with E-state index in [0.29, 0.717) is 0 Å². The minimum atomic E-state index is 0. The van der Waals surface area contributed by atoms with Crippen LogP contribution >= 0.6 is 0 Å². The van der Waals surface area contributed by atoms with Gasteiger partial charge in [0.15, 0.2) is 0 Å². The number of aliphatic hydroxyl groups excluding tert-OH is 1. The first-order chi connectivity index (χ1) is 5.16. The van der Waals surface area contributed by atoms with E-state index in [1.54, 1.807) is 0 Å². The van der Waals surface area contributed by atoms with E-state index < -0.39 is 0 Å². The number of hydrogen-bond acceptors (Lipinski definition) is 2. The van der Waals surface area contributed by atoms with Crippen molar-refractivity contribution in [2.24, 2.45) is 0 Å². The van der Waals surface area contributed by atoms with Crippen molar-refractivity contribution in [1.29, 1.82) is 0 Å². The van der Waals surface area contributed by atoms with Crippen LogP contribution in [0.3, 0.4) is 0 Å². The van der Waals surface area contributed by atoms with Gasteiger partial charge in [0.1, 0.15) is 0 Å². The Hall–Kier alpha value is -0.900. The molecule has 1 rings (SSSR count). The van der Waals surface area contributed by atoms with E-state index in [1.807, 2.05) is 19.1 Å². The third-order valence-electron chi connectivity index (χ3n) is 2.34. The fraction of sp³-hybridized carbons (Fsp3) is 0.400. The van der Waals surface area contributed by atoms with Crippen LogP contribution in [0.15, 0.2) is 12.1 Å². The molecule has 0 heterocycles. The number of aliphatic hydroxyl groups is 1. The van der Waals surface area contributed by atoms with Gasteiger partial charge in [0.05, 0.1) is 6.61 Å². The summed E-state index contributed by atoms with van der Waals surface area (Å²) in [6.45, 7) is 6.37. The second-order valence-electron chi connectivity index (χ2n) is 2.95. The predicted octanol–water partition coefficient (Wildman–Crippen LogP) is 1.44. The van der Waals surface area contributed by atoms with Crippen molar-refractivity contribution in [2.45, 2.75) is 27.4 Å². The molecule has 0 unspecified atom stereocenters. The van der Waals surface area contributed by atoms with Gasteiger partial charge in [-0.2, -0.15) is 0 Å². The van der Waals surface area contributed by atoms with Crippen LogP contribution in [-0.2, 0) is 6.61 Å². The minimum absolute atomic E-state index is 0. The largest absolute Gasteiger partial charge is 0.412 e. The highest BCUT2D eigenvalue weighted by Crippen LogP contribution is 2.16. The van der Waals surface area contributed by atoms with Gasteiger partial charge in [-0.3, -0.25) is 0 Å². The van der Waals surface area contributed by atoms with E-state index in [2.05, 4.69) is 13.8 Å². The molecule has 0 saturated carbocycles. The highest BCUT2D eigenvalue weighted by Gasteiger charge is 2.00. The third-order valence-corrected chi connectivity index (χ3v) is 2.34. The van der Waals surface area contributed by atoms with Gasteiger partial charge in [0.25, 0.3) is 0 Å². The molecular weight excluding hydrogens is 166 g/mol. The fourth-order valence-corrected chi connectivity index (χ4v) is 1.18. The van der Waals surface area contributed by atoms with E-state index in [9.17, 15) is 0 Å². The highest BCUT2D eigenvalue weighted by molar-refractivity contribution is 5.38. The van der Waals surface area contributed by atoms with E-state index in [4.69, 9.17) is 5.11 Å². The van der Waals surface area contributed by atoms with Gasteiger partial charge in [-0.15, -0.1) is 0 Å². The molecule has 0 radical (unpaired) electrons. The number of benzene rings is 1. The van der Waals surface area contributed by atoms with Crippen LogP contribution in [-0.4, -0.2) is 10.6 Å². The molecule has 0 aliphatic heterocycles. The first kappa shape index (κ1) is 14.6. The SMILES string of the molecule is Cc1ccc(CO)c(C)c1C.N.O. The molecule has 13 heavy (non-hydrogen) atoms. The summed E-state index contributed by atoms with van der Waals surface area (Å²) in [6, 6.07) is 4.03. The zero-order valence-electron chi connectivity index (χ0n) is 8.52. The Bertz CT molecular complexity index is 272. The van der Waals surface area contributed by atoms with Gasteiger partial charge in [0.2, 0.25) is 0 Å². The Morgan fingerprint density at radius 1 is 1.08 bits per heavy atom. The lowest BCUT2D eigenvalue weighted by molar-refractivity contribution is 0.281. The minimum Gasteiger partial charge on any atom is -0.412 e. The molecule has 0 amide bonds. The zero-order valence-corrected chi connectivity index (χ0v) is 8.52. The Kier molecular flexibility index (Phi) is 6.40. The molecule has 3 heteroatoms. The van der Waals surface area contributed by atoms with Crippen molar-refractivity contribution in [3.05, 3.63) is 34.4 Å². The summed E-state index contributed by atoms with van der Waals surface area (Å²) >= 11 is 0. The lowest BCUT2D eigenvalue weighted by atomic mass is 9.99. The van der Waals surface area contributed by atoms with Crippen molar-refractivity contribution in [1.82, 2.24) is 6.15 Å². The van der Waals surface area contributed by atoms with Crippen LogP contribution in [0.5, 0.6) is 0 Å². The van der Waals surface area contributed by atoms with E-state index in [-0.39, 0.29) is 18.2 Å². The molecule has 1 aromatic rings. The molecule has 0 aliphatic carbocycles. The van der Waals surface area contributed by atoms with Crippen LogP contribution in [0.2, 0.25) is 0 Å². The summed E-state index contributed by atoms with van der Waals surface area (Å²) in [5, 5.41) is 8.93. The van der Waals surface area contributed by atoms with Gasteiger partial charge < -0.3 is 16.7 Å². The van der Waals surface area contributed by atoms with Crippen molar-refractivity contribution in [3.8, 4) is 0 Å². The first-order valence-electron chi connectivity index (χ1n) is 3.83. The average Bonchev–Trinajstić information content (AvgIpc) is 2.01. The van der Waals surface area contributed by atoms with Crippen molar-refractivity contribution < 1.29 is 10.6 Å². The molecule has 3 nitrogen and oxygen atoms in total. The van der Waals surface area contributed by atoms with Gasteiger partial charge in [0, 0.05) is 0 Å². The molecule has 0 atom stereocenters. The number of rotatable bonds is 1. The van der Waals surface area contributed by atoms with Gasteiger partial charge in [-0.1, -0.05) is 12.1 Å². The molecule has 6 N–H and O–H groups in total. The Morgan fingerprint density at radius 2 is 1.62 bits per heavy atom. The Labute approximate surface area is 79.3 Å². The lowest BCUT2D eigenvalue weighted by Gasteiger charge is -2.08. The smallest absolute Gasteiger partial charge is 0.0684 e. The molecule has 0 fully saturated rings. The molecule has 0 spiro atoms. The maximum absolute atomic E-state index is 8.93. The molecule has 0 aliphatic rings. The summed E-state index contributed by atoms with van der Waals surface area (Å²) in [7, 11) is 0. The van der Waals surface area contributed by atoms with Crippen molar-refractivity contribution in [3.63, 3.8) is 0 Å². The van der Waals surface area contributed by atoms with E-state index in [0.717, 1.165) is 5.56 Å². The van der Waals surface area contributed by atoms with Gasteiger partial charge in [-0.25, -0.2) is 0 Å². The van der Waals surface area contributed by atoms with Crippen LogP contribution in [0.1, 0.15) is 22.3 Å². The Balaban J connectivity index is 0. The van der Waals surface area contributed by atoms with Crippen LogP contribution in [0.4, 0.5) is 0 Å². The molecule has 0 aromatic heterocycles. The second-order valence-corrected chi connectivity index (χ2v) is 2.95. The Morgan fingerprint density at radius 3 is 2.08 bits per heavy atom. The topological polar surface area (TPSA) is 86.7 Å². The van der Waals surface area contributed by atoms with E-state index in [1.165, 1.54) is 16.7 Å². The fourth-order valence-electron chi connectivity index (χ4n) is 1.18. The zero-order chi connectivity index (χ0) is 8.43.